The van der Waals surface area contributed by atoms with E-state index in [-0.39, 0.29) is 35.5 Å². The van der Waals surface area contributed by atoms with Gasteiger partial charge in [0, 0.05) is 33.1 Å². The van der Waals surface area contributed by atoms with Crippen LogP contribution in [0, 0.1) is 23.7 Å². The van der Waals surface area contributed by atoms with Crippen LogP contribution in [0.25, 0.3) is 11.6 Å². The zero-order valence-electron chi connectivity index (χ0n) is 18.0. The van der Waals surface area contributed by atoms with Crippen molar-refractivity contribution in [3.63, 3.8) is 0 Å². The largest absolute Gasteiger partial charge is 0.461 e. The van der Waals surface area contributed by atoms with Crippen LogP contribution >= 0.6 is 0 Å². The number of amides is 2. The van der Waals surface area contributed by atoms with Gasteiger partial charge in [0.1, 0.15) is 5.82 Å². The lowest BCUT2D eigenvalue weighted by molar-refractivity contribution is -0.140. The number of H-pyrrole nitrogens is 1. The molecular weight excluding hydrogens is 410 g/mol. The summed E-state index contributed by atoms with van der Waals surface area (Å²) in [6, 6.07) is 3.61. The first-order valence-electron chi connectivity index (χ1n) is 11.1. The molecular formula is C22H27N7O3. The molecule has 5 rings (SSSR count). The van der Waals surface area contributed by atoms with Gasteiger partial charge in [-0.3, -0.25) is 24.6 Å². The zero-order chi connectivity index (χ0) is 22.1. The predicted octanol–water partition coefficient (Wildman–Crippen LogP) is 0.969. The van der Waals surface area contributed by atoms with Crippen molar-refractivity contribution in [1.29, 1.82) is 0 Å². The number of hydrogen-bond donors (Lipinski definition) is 3. The molecule has 1 saturated carbocycles. The lowest BCUT2D eigenvalue weighted by atomic mass is 9.85. The normalized spacial score (nSPS) is 26.3. The maximum absolute atomic E-state index is 12.7. The highest BCUT2D eigenvalue weighted by atomic mass is 16.3. The molecule has 2 bridgehead atoms. The van der Waals surface area contributed by atoms with E-state index in [1.54, 1.807) is 19.4 Å². The van der Waals surface area contributed by atoms with Gasteiger partial charge in [0.15, 0.2) is 11.7 Å². The zero-order valence-corrected chi connectivity index (χ0v) is 18.0. The van der Waals surface area contributed by atoms with Crippen LogP contribution in [-0.2, 0) is 16.0 Å². The fourth-order valence-electron chi connectivity index (χ4n) is 5.07. The number of fused-ring (bicyclic) bond motifs is 5. The first-order chi connectivity index (χ1) is 15.7. The molecule has 2 fully saturated rings. The molecule has 0 aromatic carbocycles. The first-order valence-corrected chi connectivity index (χ1v) is 11.1. The number of aliphatic imine (C=N–C) groups is 1. The molecule has 2 aromatic heterocycles. The Bertz CT molecular complexity index is 1010. The third-order valence-corrected chi connectivity index (χ3v) is 6.56. The van der Waals surface area contributed by atoms with E-state index in [0.717, 1.165) is 12.2 Å². The number of carbonyl (C=O) groups is 2. The van der Waals surface area contributed by atoms with E-state index in [1.807, 2.05) is 6.07 Å². The van der Waals surface area contributed by atoms with Crippen LogP contribution in [0.5, 0.6) is 0 Å². The van der Waals surface area contributed by atoms with Gasteiger partial charge in [-0.15, -0.1) is 0 Å². The topological polar surface area (TPSA) is 129 Å². The second kappa shape index (κ2) is 8.60. The highest BCUT2D eigenvalue weighted by molar-refractivity contribution is 6.06. The number of carbonyl (C=O) groups excluding carboxylic acids is 2. The maximum Gasteiger partial charge on any atom is 0.233 e. The van der Waals surface area contributed by atoms with Crippen molar-refractivity contribution < 1.29 is 14.0 Å². The van der Waals surface area contributed by atoms with Gasteiger partial charge in [0.05, 0.1) is 18.1 Å². The van der Waals surface area contributed by atoms with Crippen molar-refractivity contribution in [2.75, 3.05) is 26.7 Å². The average Bonchev–Trinajstić information content (AvgIpc) is 3.61. The summed E-state index contributed by atoms with van der Waals surface area (Å²) in [5, 5.41) is 13.5. The fourth-order valence-corrected chi connectivity index (χ4v) is 5.07. The molecule has 0 spiro atoms. The van der Waals surface area contributed by atoms with Crippen molar-refractivity contribution >= 4 is 17.8 Å². The third-order valence-electron chi connectivity index (χ3n) is 6.56. The number of imide groups is 1. The number of aromatic amines is 1. The molecule has 32 heavy (non-hydrogen) atoms. The molecule has 0 radical (unpaired) electrons. The van der Waals surface area contributed by atoms with Crippen LogP contribution in [0.2, 0.25) is 0 Å². The summed E-state index contributed by atoms with van der Waals surface area (Å²) in [4.78, 5) is 35.5. The summed E-state index contributed by atoms with van der Waals surface area (Å²) in [5.74, 6) is 2.87. The molecule has 10 heteroatoms. The van der Waals surface area contributed by atoms with E-state index in [1.165, 1.54) is 4.90 Å². The van der Waals surface area contributed by atoms with Gasteiger partial charge in [-0.05, 0) is 36.8 Å². The van der Waals surface area contributed by atoms with Crippen LogP contribution in [0.3, 0.4) is 0 Å². The lowest BCUT2D eigenvalue weighted by Gasteiger charge is -2.18. The Morgan fingerprint density at radius 2 is 1.97 bits per heavy atom. The van der Waals surface area contributed by atoms with E-state index in [0.29, 0.717) is 50.0 Å². The second-order valence-electron chi connectivity index (χ2n) is 8.44. The van der Waals surface area contributed by atoms with E-state index in [4.69, 9.17) is 4.42 Å². The van der Waals surface area contributed by atoms with Gasteiger partial charge in [0.2, 0.25) is 17.6 Å². The van der Waals surface area contributed by atoms with Crippen molar-refractivity contribution in [3.05, 3.63) is 36.4 Å². The van der Waals surface area contributed by atoms with Crippen LogP contribution in [-0.4, -0.2) is 64.5 Å². The monoisotopic (exact) mass is 437 g/mol. The van der Waals surface area contributed by atoms with E-state index < -0.39 is 0 Å². The molecule has 2 amide bonds. The summed E-state index contributed by atoms with van der Waals surface area (Å²) in [7, 11) is 1.70. The number of likely N-dealkylation sites (tertiary alicyclic amines) is 1. The third kappa shape index (κ3) is 3.69. The molecule has 3 heterocycles. The smallest absolute Gasteiger partial charge is 0.233 e. The van der Waals surface area contributed by atoms with Crippen LogP contribution in [0.1, 0.15) is 18.7 Å². The highest BCUT2D eigenvalue weighted by Gasteiger charge is 2.58. The molecule has 1 saturated heterocycles. The fraction of sp³-hybridized carbons (Fsp3) is 0.500. The summed E-state index contributed by atoms with van der Waals surface area (Å²) >= 11 is 0. The Labute approximate surface area is 185 Å². The number of allylic oxidation sites excluding steroid dienone is 2. The average molecular weight is 438 g/mol. The van der Waals surface area contributed by atoms with Gasteiger partial charge >= 0.3 is 0 Å². The minimum atomic E-state index is -0.121. The summed E-state index contributed by atoms with van der Waals surface area (Å²) < 4.78 is 5.29. The van der Waals surface area contributed by atoms with Crippen molar-refractivity contribution in [3.8, 4) is 11.6 Å². The molecule has 10 nitrogen and oxygen atoms in total. The van der Waals surface area contributed by atoms with E-state index in [9.17, 15) is 9.59 Å². The number of rotatable bonds is 8. The Kier molecular flexibility index (Phi) is 5.50. The molecule has 3 aliphatic rings. The van der Waals surface area contributed by atoms with Gasteiger partial charge < -0.3 is 15.1 Å². The van der Waals surface area contributed by atoms with Gasteiger partial charge in [-0.25, -0.2) is 4.98 Å². The van der Waals surface area contributed by atoms with E-state index >= 15 is 0 Å². The number of nitrogens with one attached hydrogen (secondary N) is 3. The van der Waals surface area contributed by atoms with Crippen LogP contribution in [0.15, 0.2) is 40.0 Å². The molecule has 4 unspecified atom stereocenters. The Hall–Kier alpha value is -3.43. The number of guanidine groups is 1. The molecule has 2 aromatic rings. The predicted molar refractivity (Wildman–Crippen MR) is 116 cm³/mol. The Morgan fingerprint density at radius 1 is 1.22 bits per heavy atom. The Balaban J connectivity index is 1.03. The standard InChI is InChI=1S/C22H27N7O3/c1-23-22(25-9-7-16-26-19(28-27-16)15-4-2-11-32-15)24-8-3-10-29-20(30)17-13-5-6-14(12-13)18(17)21(29)31/h2,4-6,11,13-14,17-18H,3,7-10,12H2,1H3,(H2,23,24,25)(H,26,27,28). The summed E-state index contributed by atoms with van der Waals surface area (Å²) in [6.07, 6.45) is 8.11. The second-order valence-corrected chi connectivity index (χ2v) is 8.44. The van der Waals surface area contributed by atoms with Crippen LogP contribution < -0.4 is 10.6 Å². The minimum absolute atomic E-state index is 0.0142. The summed E-state index contributed by atoms with van der Waals surface area (Å²) in [5.41, 5.74) is 0. The molecule has 168 valence electrons. The lowest BCUT2D eigenvalue weighted by Crippen LogP contribution is -2.40. The molecule has 2 aliphatic carbocycles. The van der Waals surface area contributed by atoms with Gasteiger partial charge in [0.25, 0.3) is 0 Å². The molecule has 4 atom stereocenters. The first kappa shape index (κ1) is 20.5. The quantitative estimate of drug-likeness (QED) is 0.185. The molecule has 1 aliphatic heterocycles. The number of hydrogen-bond acceptors (Lipinski definition) is 6. The van der Waals surface area contributed by atoms with Crippen molar-refractivity contribution in [2.24, 2.45) is 28.7 Å². The maximum atomic E-state index is 12.7. The number of furan rings is 1. The Morgan fingerprint density at radius 3 is 2.66 bits per heavy atom. The van der Waals surface area contributed by atoms with Gasteiger partial charge in [-0.2, -0.15) is 5.10 Å². The summed E-state index contributed by atoms with van der Waals surface area (Å²) in [6.45, 7) is 1.68. The van der Waals surface area contributed by atoms with Gasteiger partial charge in [-0.1, -0.05) is 12.2 Å². The highest BCUT2D eigenvalue weighted by Crippen LogP contribution is 2.52. The minimum Gasteiger partial charge on any atom is -0.461 e. The SMILES string of the molecule is CN=C(NCCCN1C(=O)C2C3C=CC(C3)C2C1=O)NCCc1nc(-c2ccco2)n[nH]1. The molecule has 3 N–H and O–H groups in total. The van der Waals surface area contributed by atoms with E-state index in [2.05, 4.69) is 43.0 Å². The number of nitrogens with zero attached hydrogens (tertiary/aromatic N) is 4. The van der Waals surface area contributed by atoms with Crippen molar-refractivity contribution in [2.45, 2.75) is 19.3 Å². The number of aromatic nitrogens is 3. The van der Waals surface area contributed by atoms with Crippen LogP contribution in [0.4, 0.5) is 0 Å². The van der Waals surface area contributed by atoms with Crippen molar-refractivity contribution in [1.82, 2.24) is 30.7 Å².